The van der Waals surface area contributed by atoms with Gasteiger partial charge < -0.3 is 29.7 Å². The number of aromatic nitrogens is 4. The lowest BCUT2D eigenvalue weighted by Gasteiger charge is -2.37. The summed E-state index contributed by atoms with van der Waals surface area (Å²) in [7, 11) is 0. The second-order valence-electron chi connectivity index (χ2n) is 15.4. The molecule has 6 heterocycles. The summed E-state index contributed by atoms with van der Waals surface area (Å²) in [4.78, 5) is 93.9. The Morgan fingerprint density at radius 3 is 2.44 bits per heavy atom. The molecule has 0 unspecified atom stereocenters. The lowest BCUT2D eigenvalue weighted by molar-refractivity contribution is -0.136. The van der Waals surface area contributed by atoms with Gasteiger partial charge in [-0.15, -0.1) is 0 Å². The number of rotatable bonds is 11. The third-order valence-corrected chi connectivity index (χ3v) is 11.8. The van der Waals surface area contributed by atoms with Crippen molar-refractivity contribution >= 4 is 52.4 Å². The zero-order valence-corrected chi connectivity index (χ0v) is 30.9. The number of ether oxygens (including phenoxy) is 1. The van der Waals surface area contributed by atoms with E-state index in [0.717, 1.165) is 86.6 Å². The van der Waals surface area contributed by atoms with Gasteiger partial charge in [0, 0.05) is 51.6 Å². The Hall–Kier alpha value is -5.45. The molecule has 5 aliphatic rings. The molecule has 0 spiro atoms. The summed E-state index contributed by atoms with van der Waals surface area (Å²) < 4.78 is 7.93. The average molecular weight is 755 g/mol. The fourth-order valence-corrected chi connectivity index (χ4v) is 8.65. The molecule has 1 saturated carbocycles. The highest BCUT2D eigenvalue weighted by Crippen LogP contribution is 2.36. The van der Waals surface area contributed by atoms with E-state index in [2.05, 4.69) is 40.4 Å². The van der Waals surface area contributed by atoms with Crippen LogP contribution in [-0.2, 0) is 19.2 Å². The molecule has 290 valence electrons. The zero-order chi connectivity index (χ0) is 38.2. The second kappa shape index (κ2) is 15.4. The first-order valence-electron chi connectivity index (χ1n) is 19.3. The smallest absolute Gasteiger partial charge is 0.266 e. The van der Waals surface area contributed by atoms with E-state index in [1.54, 1.807) is 30.3 Å². The van der Waals surface area contributed by atoms with Crippen molar-refractivity contribution in [2.45, 2.75) is 76.4 Å². The first-order valence-corrected chi connectivity index (χ1v) is 19.3. The standard InChI is InChI=1S/C38H46N10O7/c1-22(49)43-25-15-26(16-25)47-21-42-33-34(40-20-41-35(33)47)39-17-23-7-11-45(12-8-23)18-24-9-13-46(14-10-24)31(51)19-55-29-4-2-3-27-32(29)38(54)48(37(27)53)28-5-6-30(50)44-36(28)52/h2-4,20-21,23-26,28H,5-19H2,1H3,(H,43,49)(H,39,40,41)(H,44,50,52)/t25?,26?,28-/m0/s1. The minimum Gasteiger partial charge on any atom is -0.483 e. The van der Waals surface area contributed by atoms with Gasteiger partial charge >= 0.3 is 0 Å². The molecule has 6 amide bonds. The Morgan fingerprint density at radius 1 is 0.927 bits per heavy atom. The molecule has 3 saturated heterocycles. The van der Waals surface area contributed by atoms with Gasteiger partial charge in [0.2, 0.25) is 17.7 Å². The monoisotopic (exact) mass is 754 g/mol. The van der Waals surface area contributed by atoms with Gasteiger partial charge in [-0.2, -0.15) is 0 Å². The molecule has 8 rings (SSSR count). The van der Waals surface area contributed by atoms with Crippen LogP contribution in [0.5, 0.6) is 5.75 Å². The number of piperidine rings is 3. The van der Waals surface area contributed by atoms with E-state index in [1.165, 1.54) is 6.07 Å². The molecule has 4 fully saturated rings. The van der Waals surface area contributed by atoms with Crippen LogP contribution in [-0.4, -0.2) is 128 Å². The highest BCUT2D eigenvalue weighted by molar-refractivity contribution is 6.24. The fraction of sp³-hybridized carbons (Fsp3) is 0.553. The number of carbonyl (C=O) groups is 6. The Labute approximate surface area is 317 Å². The summed E-state index contributed by atoms with van der Waals surface area (Å²) >= 11 is 0. The van der Waals surface area contributed by atoms with Crippen molar-refractivity contribution in [3.63, 3.8) is 0 Å². The van der Waals surface area contributed by atoms with Gasteiger partial charge in [0.05, 0.1) is 17.5 Å². The first kappa shape index (κ1) is 36.5. The maximum Gasteiger partial charge on any atom is 0.266 e. The van der Waals surface area contributed by atoms with Crippen LogP contribution in [0.15, 0.2) is 30.9 Å². The Bertz CT molecular complexity index is 2010. The molecular formula is C38H46N10O7. The minimum atomic E-state index is -1.08. The summed E-state index contributed by atoms with van der Waals surface area (Å²) in [6.45, 7) is 6.39. The molecule has 1 atom stereocenters. The zero-order valence-electron chi connectivity index (χ0n) is 30.9. The van der Waals surface area contributed by atoms with Crippen molar-refractivity contribution in [3.8, 4) is 5.75 Å². The summed E-state index contributed by atoms with van der Waals surface area (Å²) in [6, 6.07) is 4.01. The van der Waals surface area contributed by atoms with Gasteiger partial charge in [-0.1, -0.05) is 6.07 Å². The molecule has 2 aromatic heterocycles. The summed E-state index contributed by atoms with van der Waals surface area (Å²) in [5, 5.41) is 8.71. The van der Waals surface area contributed by atoms with Crippen molar-refractivity contribution in [1.82, 2.24) is 44.9 Å². The van der Waals surface area contributed by atoms with Crippen molar-refractivity contribution in [2.75, 3.05) is 51.2 Å². The van der Waals surface area contributed by atoms with E-state index < -0.39 is 29.7 Å². The molecule has 3 aromatic rings. The molecule has 0 bridgehead atoms. The normalized spacial score (nSPS) is 23.8. The van der Waals surface area contributed by atoms with Crippen LogP contribution in [0.4, 0.5) is 5.82 Å². The van der Waals surface area contributed by atoms with E-state index in [-0.39, 0.29) is 60.2 Å². The number of nitrogens with zero attached hydrogens (tertiary/aromatic N) is 7. The van der Waals surface area contributed by atoms with Gasteiger partial charge in [0.1, 0.15) is 23.6 Å². The van der Waals surface area contributed by atoms with Crippen LogP contribution < -0.4 is 20.7 Å². The van der Waals surface area contributed by atoms with Gasteiger partial charge in [-0.3, -0.25) is 39.0 Å². The molecule has 4 aliphatic heterocycles. The fourth-order valence-electron chi connectivity index (χ4n) is 8.65. The van der Waals surface area contributed by atoms with Crippen LogP contribution in [0.25, 0.3) is 11.2 Å². The molecular weight excluding hydrogens is 708 g/mol. The number of nitrogens with one attached hydrogen (secondary N) is 3. The van der Waals surface area contributed by atoms with E-state index >= 15 is 0 Å². The number of imidazole rings is 1. The van der Waals surface area contributed by atoms with Crippen molar-refractivity contribution in [2.24, 2.45) is 11.8 Å². The van der Waals surface area contributed by atoms with Gasteiger partial charge in [0.25, 0.3) is 17.7 Å². The van der Waals surface area contributed by atoms with Crippen molar-refractivity contribution in [3.05, 3.63) is 42.0 Å². The number of anilines is 1. The topological polar surface area (TPSA) is 201 Å². The predicted molar refractivity (Wildman–Crippen MR) is 197 cm³/mol. The van der Waals surface area contributed by atoms with Crippen LogP contribution in [0.3, 0.4) is 0 Å². The maximum atomic E-state index is 13.4. The van der Waals surface area contributed by atoms with Crippen LogP contribution >= 0.6 is 0 Å². The van der Waals surface area contributed by atoms with Crippen LogP contribution in [0.1, 0.15) is 85.0 Å². The van der Waals surface area contributed by atoms with Crippen molar-refractivity contribution in [1.29, 1.82) is 0 Å². The lowest BCUT2D eigenvalue weighted by atomic mass is 9.86. The van der Waals surface area contributed by atoms with Crippen LogP contribution in [0.2, 0.25) is 0 Å². The molecule has 1 aromatic carbocycles. The number of amides is 6. The third kappa shape index (κ3) is 7.49. The Balaban J connectivity index is 0.759. The largest absolute Gasteiger partial charge is 0.483 e. The molecule has 17 nitrogen and oxygen atoms in total. The lowest BCUT2D eigenvalue weighted by Crippen LogP contribution is -2.54. The summed E-state index contributed by atoms with van der Waals surface area (Å²) in [6.07, 6.45) is 9.20. The SMILES string of the molecule is CC(=O)NC1CC(n2cnc3c(NCC4CCN(CC5CCN(C(=O)COc6cccc7c6C(=O)N([C@H]6CCC(=O)NC6=O)C7=O)CC5)CC4)ncnc32)C1. The molecule has 1 aliphatic carbocycles. The molecule has 17 heteroatoms. The third-order valence-electron chi connectivity index (χ3n) is 11.8. The van der Waals surface area contributed by atoms with Crippen LogP contribution in [0, 0.1) is 11.8 Å². The number of likely N-dealkylation sites (tertiary alicyclic amines) is 2. The number of fused-ring (bicyclic) bond motifs is 2. The number of carbonyl (C=O) groups excluding carboxylic acids is 6. The maximum absolute atomic E-state index is 13.4. The predicted octanol–water partition coefficient (Wildman–Crippen LogP) is 1.51. The Morgan fingerprint density at radius 2 is 1.69 bits per heavy atom. The molecule has 0 radical (unpaired) electrons. The number of hydrogen-bond acceptors (Lipinski definition) is 12. The summed E-state index contributed by atoms with van der Waals surface area (Å²) in [5.74, 6) is -0.708. The summed E-state index contributed by atoms with van der Waals surface area (Å²) in [5.41, 5.74) is 1.73. The highest BCUT2D eigenvalue weighted by atomic mass is 16.5. The molecule has 3 N–H and O–H groups in total. The first-order chi connectivity index (χ1) is 26.6. The highest BCUT2D eigenvalue weighted by Gasteiger charge is 2.46. The van der Waals surface area contributed by atoms with E-state index in [4.69, 9.17) is 4.74 Å². The average Bonchev–Trinajstić information content (AvgIpc) is 3.70. The van der Waals surface area contributed by atoms with E-state index in [0.29, 0.717) is 24.9 Å². The van der Waals surface area contributed by atoms with Gasteiger partial charge in [0.15, 0.2) is 18.1 Å². The van der Waals surface area contributed by atoms with E-state index in [9.17, 15) is 28.8 Å². The van der Waals surface area contributed by atoms with Gasteiger partial charge in [-0.25, -0.2) is 15.0 Å². The molecule has 55 heavy (non-hydrogen) atoms. The minimum absolute atomic E-state index is 0.00328. The van der Waals surface area contributed by atoms with E-state index in [1.807, 2.05) is 6.33 Å². The van der Waals surface area contributed by atoms with Crippen molar-refractivity contribution < 1.29 is 33.5 Å². The number of hydrogen-bond donors (Lipinski definition) is 3. The second-order valence-corrected chi connectivity index (χ2v) is 15.4. The quantitative estimate of drug-likeness (QED) is 0.239. The number of benzene rings is 1. The number of imide groups is 2. The van der Waals surface area contributed by atoms with Gasteiger partial charge in [-0.05, 0) is 82.0 Å². The Kier molecular flexibility index (Phi) is 10.2.